The molecule has 0 amide bonds. The third-order valence-corrected chi connectivity index (χ3v) is 2.98. The molecule has 0 aliphatic carbocycles. The fraction of sp³-hybridized carbons (Fsp3) is 0.600. The van der Waals surface area contributed by atoms with Crippen molar-refractivity contribution in [3.63, 3.8) is 0 Å². The van der Waals surface area contributed by atoms with Crippen LogP contribution in [0.5, 0.6) is 0 Å². The van der Waals surface area contributed by atoms with E-state index in [2.05, 4.69) is 4.99 Å². The average molecular weight is 454 g/mol. The van der Waals surface area contributed by atoms with Gasteiger partial charge in [-0.05, 0) is 19.3 Å². The number of nitrogens with two attached hydrogens (primary N) is 5. The molecular formula is C15H30N6O10. The van der Waals surface area contributed by atoms with E-state index >= 15 is 0 Å². The van der Waals surface area contributed by atoms with E-state index in [0.29, 0.717) is 19.4 Å². The molecule has 0 rings (SSSR count). The third-order valence-electron chi connectivity index (χ3n) is 2.98. The molecule has 16 nitrogen and oxygen atoms in total. The Bertz CT molecular complexity index is 623. The van der Waals surface area contributed by atoms with Crippen LogP contribution in [0.2, 0.25) is 0 Å². The summed E-state index contributed by atoms with van der Waals surface area (Å²) in [6.07, 6.45) is 0.199. The highest BCUT2D eigenvalue weighted by atomic mass is 16.4. The molecule has 0 aliphatic heterocycles. The van der Waals surface area contributed by atoms with E-state index in [1.165, 1.54) is 0 Å². The summed E-state index contributed by atoms with van der Waals surface area (Å²) in [5, 5.41) is 40.7. The summed E-state index contributed by atoms with van der Waals surface area (Å²) >= 11 is 0. The smallest absolute Gasteiger partial charge is 0.321 e. The zero-order valence-corrected chi connectivity index (χ0v) is 16.6. The van der Waals surface area contributed by atoms with Gasteiger partial charge in [-0.2, -0.15) is 0 Å². The minimum absolute atomic E-state index is 0.0129. The Balaban J connectivity index is -0.000000384. The van der Waals surface area contributed by atoms with Crippen LogP contribution >= 0.6 is 0 Å². The maximum absolute atomic E-state index is 10.2. The van der Waals surface area contributed by atoms with E-state index < -0.39 is 54.4 Å². The first-order valence-corrected chi connectivity index (χ1v) is 8.55. The molecule has 0 heterocycles. The number of aliphatic imine (C=N–C) groups is 1. The molecule has 0 unspecified atom stereocenters. The van der Waals surface area contributed by atoms with Crippen molar-refractivity contribution in [2.45, 2.75) is 50.2 Å². The number of guanidine groups is 1. The SMILES string of the molecule is NC(N)=NCCC[C@H](N)C(=O)O.N[C@@H](CC(=O)O)C(=O)O.N[C@@H](CCC(=O)O)C(=O)O. The van der Waals surface area contributed by atoms with Crippen LogP contribution in [0.1, 0.15) is 32.1 Å². The van der Waals surface area contributed by atoms with E-state index in [-0.39, 0.29) is 18.8 Å². The Hall–Kier alpha value is -3.50. The van der Waals surface area contributed by atoms with Crippen LogP contribution in [0, 0.1) is 0 Å². The summed E-state index contributed by atoms with van der Waals surface area (Å²) in [5.41, 5.74) is 25.2. The number of carboxylic acids is 5. The molecule has 0 saturated carbocycles. The molecule has 0 aliphatic rings. The summed E-state index contributed by atoms with van der Waals surface area (Å²) < 4.78 is 0. The van der Waals surface area contributed by atoms with E-state index in [1.807, 2.05) is 0 Å². The van der Waals surface area contributed by atoms with Crippen molar-refractivity contribution in [2.75, 3.05) is 6.54 Å². The van der Waals surface area contributed by atoms with E-state index in [9.17, 15) is 24.0 Å². The lowest BCUT2D eigenvalue weighted by atomic mass is 10.2. The van der Waals surface area contributed by atoms with Gasteiger partial charge in [-0.15, -0.1) is 0 Å². The molecule has 16 heteroatoms. The number of carboxylic acid groups (broad SMARTS) is 5. The molecule has 3 atom stereocenters. The molecule has 0 spiro atoms. The minimum atomic E-state index is -1.29. The van der Waals surface area contributed by atoms with Gasteiger partial charge in [0.25, 0.3) is 0 Å². The van der Waals surface area contributed by atoms with Gasteiger partial charge >= 0.3 is 29.8 Å². The second-order valence-corrected chi connectivity index (χ2v) is 5.81. The van der Waals surface area contributed by atoms with Gasteiger partial charge in [0.15, 0.2) is 5.96 Å². The molecule has 0 aromatic heterocycles. The Kier molecular flexibility index (Phi) is 19.2. The van der Waals surface area contributed by atoms with Crippen molar-refractivity contribution < 1.29 is 49.5 Å². The average Bonchev–Trinajstić information content (AvgIpc) is 2.63. The van der Waals surface area contributed by atoms with E-state index in [0.717, 1.165) is 0 Å². The molecule has 0 saturated heterocycles. The maximum atomic E-state index is 10.2. The lowest BCUT2D eigenvalue weighted by molar-refractivity contribution is -0.144. The van der Waals surface area contributed by atoms with Crippen molar-refractivity contribution in [2.24, 2.45) is 33.7 Å². The number of rotatable bonds is 12. The first kappa shape index (κ1) is 32.2. The maximum Gasteiger partial charge on any atom is 0.321 e. The zero-order chi connectivity index (χ0) is 25.1. The Morgan fingerprint density at radius 1 is 0.677 bits per heavy atom. The Morgan fingerprint density at radius 3 is 1.39 bits per heavy atom. The molecule has 15 N–H and O–H groups in total. The molecule has 0 radical (unpaired) electrons. The summed E-state index contributed by atoms with van der Waals surface area (Å²) in [7, 11) is 0. The summed E-state index contributed by atoms with van der Waals surface area (Å²) in [6, 6.07) is -3.17. The lowest BCUT2D eigenvalue weighted by Gasteiger charge is -2.03. The Labute approximate surface area is 176 Å². The number of aliphatic carboxylic acids is 5. The van der Waals surface area contributed by atoms with Crippen molar-refractivity contribution in [3.05, 3.63) is 0 Å². The molecular weight excluding hydrogens is 424 g/mol. The monoisotopic (exact) mass is 454 g/mol. The third kappa shape index (κ3) is 26.5. The molecule has 0 aromatic carbocycles. The van der Waals surface area contributed by atoms with Gasteiger partial charge in [0.1, 0.15) is 18.1 Å². The van der Waals surface area contributed by atoms with Gasteiger partial charge < -0.3 is 54.2 Å². The first-order chi connectivity index (χ1) is 14.1. The van der Waals surface area contributed by atoms with Gasteiger partial charge in [0.2, 0.25) is 0 Å². The van der Waals surface area contributed by atoms with Crippen molar-refractivity contribution in [1.29, 1.82) is 0 Å². The highest BCUT2D eigenvalue weighted by Gasteiger charge is 2.14. The first-order valence-electron chi connectivity index (χ1n) is 8.55. The second kappa shape index (κ2) is 18.5. The van der Waals surface area contributed by atoms with Crippen LogP contribution in [0.15, 0.2) is 4.99 Å². The minimum Gasteiger partial charge on any atom is -0.481 e. The van der Waals surface area contributed by atoms with Gasteiger partial charge in [-0.3, -0.25) is 29.0 Å². The molecule has 180 valence electrons. The highest BCUT2D eigenvalue weighted by molar-refractivity contribution is 5.80. The van der Waals surface area contributed by atoms with Crippen LogP contribution in [0.4, 0.5) is 0 Å². The van der Waals surface area contributed by atoms with Crippen LogP contribution in [-0.4, -0.2) is 86.0 Å². The summed E-state index contributed by atoms with van der Waals surface area (Å²) in [6.45, 7) is 0.420. The Morgan fingerprint density at radius 2 is 1.10 bits per heavy atom. The van der Waals surface area contributed by atoms with Crippen LogP contribution < -0.4 is 28.7 Å². The van der Waals surface area contributed by atoms with Crippen LogP contribution in [-0.2, 0) is 24.0 Å². The van der Waals surface area contributed by atoms with E-state index in [1.54, 1.807) is 0 Å². The summed E-state index contributed by atoms with van der Waals surface area (Å²) in [5.74, 6) is -5.68. The van der Waals surface area contributed by atoms with E-state index in [4.69, 9.17) is 54.2 Å². The van der Waals surface area contributed by atoms with Crippen LogP contribution in [0.25, 0.3) is 0 Å². The predicted octanol–water partition coefficient (Wildman–Crippen LogP) is -3.41. The van der Waals surface area contributed by atoms with Gasteiger partial charge in [0.05, 0.1) is 6.42 Å². The van der Waals surface area contributed by atoms with Gasteiger partial charge in [0, 0.05) is 13.0 Å². The standard InChI is InChI=1S/C6H14N4O2.C5H9NO4.C4H7NO4/c7-4(5(11)12)2-1-3-10-6(8)9;6-3(5(9)10)1-2-4(7)8;5-2(4(8)9)1-3(6)7/h4H,1-3,7H2,(H,11,12)(H4,8,9,10);3H,1-2,6H2,(H,7,8)(H,9,10);2H,1,5H2,(H,6,7)(H,8,9)/t4-;3-;2-/m000/s1. The number of nitrogens with zero attached hydrogens (tertiary/aromatic N) is 1. The van der Waals surface area contributed by atoms with Crippen molar-refractivity contribution in [3.8, 4) is 0 Å². The molecule has 0 fully saturated rings. The molecule has 0 bridgehead atoms. The van der Waals surface area contributed by atoms with Crippen molar-refractivity contribution in [1.82, 2.24) is 0 Å². The number of hydrogen-bond donors (Lipinski definition) is 10. The normalized spacial score (nSPS) is 12.4. The summed E-state index contributed by atoms with van der Waals surface area (Å²) in [4.78, 5) is 53.4. The second-order valence-electron chi connectivity index (χ2n) is 5.81. The topological polar surface area (TPSA) is 329 Å². The largest absolute Gasteiger partial charge is 0.481 e. The fourth-order valence-electron chi connectivity index (χ4n) is 1.32. The lowest BCUT2D eigenvalue weighted by Crippen LogP contribution is -2.32. The van der Waals surface area contributed by atoms with Crippen molar-refractivity contribution >= 4 is 35.8 Å². The number of carbonyl (C=O) groups is 5. The number of hydrogen-bond acceptors (Lipinski definition) is 9. The molecule has 31 heavy (non-hydrogen) atoms. The highest BCUT2D eigenvalue weighted by Crippen LogP contribution is 1.94. The van der Waals surface area contributed by atoms with Gasteiger partial charge in [-0.25, -0.2) is 0 Å². The molecule has 0 aromatic rings. The van der Waals surface area contributed by atoms with Gasteiger partial charge in [-0.1, -0.05) is 0 Å². The quantitative estimate of drug-likeness (QED) is 0.0779. The van der Waals surface area contributed by atoms with Crippen LogP contribution in [0.3, 0.4) is 0 Å². The predicted molar refractivity (Wildman–Crippen MR) is 106 cm³/mol. The fourth-order valence-corrected chi connectivity index (χ4v) is 1.32. The zero-order valence-electron chi connectivity index (χ0n) is 16.6.